The number of rotatable bonds is 4. The number of methoxy groups -OCH3 is 1. The number of benzene rings is 1. The highest BCUT2D eigenvalue weighted by atomic mass is 16.5. The summed E-state index contributed by atoms with van der Waals surface area (Å²) in [5, 5.41) is 8.60. The van der Waals surface area contributed by atoms with Crippen LogP contribution in [0.5, 0.6) is 11.5 Å². The Morgan fingerprint density at radius 2 is 2.12 bits per heavy atom. The first-order valence-electron chi connectivity index (χ1n) is 5.01. The molecule has 0 bridgehead atoms. The first-order chi connectivity index (χ1) is 7.67. The molecule has 0 saturated carbocycles. The van der Waals surface area contributed by atoms with Gasteiger partial charge in [0.15, 0.2) is 11.5 Å². The zero-order chi connectivity index (χ0) is 12.0. The zero-order valence-corrected chi connectivity index (χ0v) is 9.78. The van der Waals surface area contributed by atoms with E-state index in [-0.39, 0.29) is 0 Å². The molecule has 0 N–H and O–H groups in total. The Morgan fingerprint density at radius 3 is 2.69 bits per heavy atom. The van der Waals surface area contributed by atoms with E-state index < -0.39 is 0 Å². The minimum absolute atomic E-state index is 0.374. The summed E-state index contributed by atoms with van der Waals surface area (Å²) in [6.07, 6.45) is 2.04. The Labute approximate surface area is 95.9 Å². The number of hydrogen-bond acceptors (Lipinski definition) is 3. The van der Waals surface area contributed by atoms with Gasteiger partial charge < -0.3 is 9.47 Å². The standard InChI is InChI=1S/C13H15NO2/c1-10(2)9-16-12-5-4-11(6-7-14)8-13(12)15-3/h4-5,8-9H,6H2,1-3H3. The maximum absolute atomic E-state index is 8.60. The molecule has 84 valence electrons. The number of hydrogen-bond donors (Lipinski definition) is 0. The Morgan fingerprint density at radius 1 is 1.38 bits per heavy atom. The highest BCUT2D eigenvalue weighted by molar-refractivity contribution is 5.44. The van der Waals surface area contributed by atoms with E-state index >= 15 is 0 Å². The van der Waals surface area contributed by atoms with Crippen LogP contribution in [0.4, 0.5) is 0 Å². The molecule has 0 aliphatic heterocycles. The summed E-state index contributed by atoms with van der Waals surface area (Å²) in [6.45, 7) is 3.91. The van der Waals surface area contributed by atoms with Crippen molar-refractivity contribution >= 4 is 0 Å². The third-order valence-electron chi connectivity index (χ3n) is 1.93. The van der Waals surface area contributed by atoms with Gasteiger partial charge in [-0.2, -0.15) is 5.26 Å². The highest BCUT2D eigenvalue weighted by Crippen LogP contribution is 2.28. The summed E-state index contributed by atoms with van der Waals surface area (Å²) in [7, 11) is 1.58. The summed E-state index contributed by atoms with van der Waals surface area (Å²) in [5.41, 5.74) is 1.99. The van der Waals surface area contributed by atoms with Gasteiger partial charge in [-0.3, -0.25) is 0 Å². The van der Waals surface area contributed by atoms with Gasteiger partial charge in [-0.1, -0.05) is 6.07 Å². The van der Waals surface area contributed by atoms with Crippen molar-refractivity contribution in [2.24, 2.45) is 0 Å². The average Bonchev–Trinajstić information content (AvgIpc) is 2.27. The van der Waals surface area contributed by atoms with Crippen LogP contribution in [0.15, 0.2) is 30.0 Å². The van der Waals surface area contributed by atoms with E-state index in [0.717, 1.165) is 11.1 Å². The molecule has 16 heavy (non-hydrogen) atoms. The first kappa shape index (κ1) is 12.1. The van der Waals surface area contributed by atoms with E-state index in [1.54, 1.807) is 13.4 Å². The van der Waals surface area contributed by atoms with Gasteiger partial charge in [0.25, 0.3) is 0 Å². The van der Waals surface area contributed by atoms with Crippen LogP contribution < -0.4 is 9.47 Å². The molecule has 0 spiro atoms. The van der Waals surface area contributed by atoms with Crippen LogP contribution in [0.25, 0.3) is 0 Å². The van der Waals surface area contributed by atoms with Crippen LogP contribution in [0.2, 0.25) is 0 Å². The molecular formula is C13H15NO2. The van der Waals surface area contributed by atoms with Crippen LogP contribution in [-0.4, -0.2) is 7.11 Å². The van der Waals surface area contributed by atoms with Crippen LogP contribution in [0.3, 0.4) is 0 Å². The normalized spacial score (nSPS) is 9.12. The van der Waals surface area contributed by atoms with Crippen molar-refractivity contribution in [3.8, 4) is 17.6 Å². The van der Waals surface area contributed by atoms with Gasteiger partial charge in [-0.05, 0) is 37.1 Å². The monoisotopic (exact) mass is 217 g/mol. The molecule has 0 saturated heterocycles. The van der Waals surface area contributed by atoms with E-state index in [0.29, 0.717) is 17.9 Å². The van der Waals surface area contributed by atoms with Crippen molar-refractivity contribution < 1.29 is 9.47 Å². The van der Waals surface area contributed by atoms with Gasteiger partial charge in [0.05, 0.1) is 25.9 Å². The first-order valence-corrected chi connectivity index (χ1v) is 5.01. The highest BCUT2D eigenvalue weighted by Gasteiger charge is 2.04. The molecular weight excluding hydrogens is 202 g/mol. The molecule has 0 heterocycles. The third-order valence-corrected chi connectivity index (χ3v) is 1.93. The SMILES string of the molecule is COc1cc(CC#N)ccc1OC=C(C)C. The fourth-order valence-corrected chi connectivity index (χ4v) is 1.19. The lowest BCUT2D eigenvalue weighted by Gasteiger charge is -2.08. The lowest BCUT2D eigenvalue weighted by atomic mass is 10.1. The van der Waals surface area contributed by atoms with E-state index in [9.17, 15) is 0 Å². The van der Waals surface area contributed by atoms with Crippen LogP contribution in [-0.2, 0) is 6.42 Å². The minimum atomic E-state index is 0.374. The Bertz CT molecular complexity index is 426. The lowest BCUT2D eigenvalue weighted by Crippen LogP contribution is -1.92. The summed E-state index contributed by atoms with van der Waals surface area (Å²) in [6, 6.07) is 7.59. The van der Waals surface area contributed by atoms with Crippen LogP contribution in [0.1, 0.15) is 19.4 Å². The second kappa shape index (κ2) is 5.82. The summed E-state index contributed by atoms with van der Waals surface area (Å²) in [5.74, 6) is 1.30. The van der Waals surface area contributed by atoms with Crippen LogP contribution >= 0.6 is 0 Å². The minimum Gasteiger partial charge on any atom is -0.493 e. The van der Waals surface area contributed by atoms with E-state index in [1.807, 2.05) is 32.0 Å². The van der Waals surface area contributed by atoms with E-state index in [2.05, 4.69) is 6.07 Å². The predicted octanol–water partition coefficient (Wildman–Crippen LogP) is 3.06. The topological polar surface area (TPSA) is 42.2 Å². The quantitative estimate of drug-likeness (QED) is 0.728. The Balaban J connectivity index is 2.94. The van der Waals surface area contributed by atoms with Gasteiger partial charge >= 0.3 is 0 Å². The third kappa shape index (κ3) is 3.32. The van der Waals surface area contributed by atoms with Gasteiger partial charge in [0, 0.05) is 0 Å². The molecule has 1 aromatic rings. The maximum atomic E-state index is 8.60. The van der Waals surface area contributed by atoms with Crippen LogP contribution in [0, 0.1) is 11.3 Å². The molecule has 1 aromatic carbocycles. The second-order valence-electron chi connectivity index (χ2n) is 3.63. The van der Waals surface area contributed by atoms with Crippen molar-refractivity contribution in [2.45, 2.75) is 20.3 Å². The van der Waals surface area contributed by atoms with Crippen molar-refractivity contribution in [3.05, 3.63) is 35.6 Å². The van der Waals surface area contributed by atoms with Crippen molar-refractivity contribution in [2.75, 3.05) is 7.11 Å². The lowest BCUT2D eigenvalue weighted by molar-refractivity contribution is 0.376. The Hall–Kier alpha value is -1.95. The molecule has 0 aliphatic carbocycles. The molecule has 0 aliphatic rings. The smallest absolute Gasteiger partial charge is 0.168 e. The summed E-state index contributed by atoms with van der Waals surface area (Å²) < 4.78 is 10.7. The molecule has 1 rings (SSSR count). The molecule has 3 heteroatoms. The zero-order valence-electron chi connectivity index (χ0n) is 9.78. The predicted molar refractivity (Wildman–Crippen MR) is 62.4 cm³/mol. The van der Waals surface area contributed by atoms with E-state index in [1.165, 1.54) is 0 Å². The fourth-order valence-electron chi connectivity index (χ4n) is 1.19. The number of allylic oxidation sites excluding steroid dienone is 1. The second-order valence-corrected chi connectivity index (χ2v) is 3.63. The molecule has 0 radical (unpaired) electrons. The van der Waals surface area contributed by atoms with Crippen molar-refractivity contribution in [1.29, 1.82) is 5.26 Å². The molecule has 0 unspecified atom stereocenters. The average molecular weight is 217 g/mol. The molecule has 3 nitrogen and oxygen atoms in total. The van der Waals surface area contributed by atoms with Gasteiger partial charge in [0.1, 0.15) is 0 Å². The van der Waals surface area contributed by atoms with Crippen molar-refractivity contribution in [3.63, 3.8) is 0 Å². The number of ether oxygens (including phenoxy) is 2. The molecule has 0 amide bonds. The molecule has 0 aromatic heterocycles. The summed E-state index contributed by atoms with van der Waals surface area (Å²) >= 11 is 0. The van der Waals surface area contributed by atoms with Gasteiger partial charge in [-0.25, -0.2) is 0 Å². The molecule has 0 atom stereocenters. The number of nitriles is 1. The maximum Gasteiger partial charge on any atom is 0.168 e. The largest absolute Gasteiger partial charge is 0.493 e. The van der Waals surface area contributed by atoms with Gasteiger partial charge in [0.2, 0.25) is 0 Å². The van der Waals surface area contributed by atoms with E-state index in [4.69, 9.17) is 14.7 Å². The number of nitrogens with zero attached hydrogens (tertiary/aromatic N) is 1. The molecule has 0 fully saturated rings. The van der Waals surface area contributed by atoms with Crippen molar-refractivity contribution in [1.82, 2.24) is 0 Å². The Kier molecular flexibility index (Phi) is 4.41. The fraction of sp³-hybridized carbons (Fsp3) is 0.308. The summed E-state index contributed by atoms with van der Waals surface area (Å²) in [4.78, 5) is 0. The van der Waals surface area contributed by atoms with Gasteiger partial charge in [-0.15, -0.1) is 0 Å².